The van der Waals surface area contributed by atoms with E-state index in [1.54, 1.807) is 35.3 Å². The summed E-state index contributed by atoms with van der Waals surface area (Å²) in [5.74, 6) is 0.800. The third-order valence-electron chi connectivity index (χ3n) is 10.7. The number of aromatic nitrogens is 3. The van der Waals surface area contributed by atoms with Crippen molar-refractivity contribution in [1.82, 2.24) is 24.3 Å². The second kappa shape index (κ2) is 12.1. The second-order valence-corrected chi connectivity index (χ2v) is 14.8. The van der Waals surface area contributed by atoms with Crippen molar-refractivity contribution in [2.24, 2.45) is 5.41 Å². The van der Waals surface area contributed by atoms with Gasteiger partial charge in [0.15, 0.2) is 12.5 Å². The number of allylic oxidation sites excluding steroid dienone is 2. The van der Waals surface area contributed by atoms with E-state index < -0.39 is 6.23 Å². The molecule has 2 fully saturated rings. The van der Waals surface area contributed by atoms with E-state index in [4.69, 9.17) is 9.72 Å². The van der Waals surface area contributed by atoms with Crippen LogP contribution < -0.4 is 15.1 Å². The van der Waals surface area contributed by atoms with Crippen LogP contribution >= 0.6 is 0 Å². The summed E-state index contributed by atoms with van der Waals surface area (Å²) in [7, 11) is 1.78. The molecule has 3 aromatic heterocycles. The number of pyridine rings is 2. The molecule has 1 unspecified atom stereocenters. The molecule has 7 heterocycles. The fourth-order valence-corrected chi connectivity index (χ4v) is 8.11. The van der Waals surface area contributed by atoms with Crippen molar-refractivity contribution >= 4 is 35.1 Å². The number of nitrogens with one attached hydrogen (secondary N) is 1. The van der Waals surface area contributed by atoms with Gasteiger partial charge in [-0.05, 0) is 66.6 Å². The third kappa shape index (κ3) is 5.61. The molecular weight excluding hydrogens is 620 g/mol. The molecule has 4 aliphatic heterocycles. The number of hydrogen-bond acceptors (Lipinski definition) is 10. The maximum Gasteiger partial charge on any atom is 0.276 e. The molecule has 49 heavy (non-hydrogen) atoms. The van der Waals surface area contributed by atoms with E-state index in [0.717, 1.165) is 57.7 Å². The quantitative estimate of drug-likeness (QED) is 0.364. The molecule has 256 valence electrons. The fraction of sp³-hybridized carbons (Fsp3) is 0.459. The molecule has 1 amide bonds. The van der Waals surface area contributed by atoms with Gasteiger partial charge in [0.1, 0.15) is 17.3 Å². The SMILES string of the molecule is C[C@H]1CN(C2COC2)CCN1c1ccc(NC2=CC(c3ccnc(N4CCn5c(cc6c5CC(C)(C)C6)C4=O)c3C=O)=CN(C)C2O)nc1. The van der Waals surface area contributed by atoms with Crippen LogP contribution in [0.15, 0.2) is 54.6 Å². The first kappa shape index (κ1) is 31.7. The standard InChI is InChI=1S/C37H44N8O4/c1-23-18-42(27-21-49-22-27)9-10-43(23)26-5-6-33(39-17-26)40-30-13-25(19-41(4)35(30)47)28-7-8-38-34(29(28)20-46)45-12-11-44-31(36(45)48)14-24-15-37(2,3)16-32(24)44/h5-8,13-14,17,19-20,23,27,35,47H,9-12,15-16,18,21-22H2,1-4H3,(H,39,40)/t23-,35?/m0/s1. The summed E-state index contributed by atoms with van der Waals surface area (Å²) in [5, 5.41) is 14.4. The Labute approximate surface area is 286 Å². The molecule has 1 aliphatic carbocycles. The summed E-state index contributed by atoms with van der Waals surface area (Å²) in [6.45, 7) is 12.4. The number of nitrogens with zero attached hydrogens (tertiary/aromatic N) is 7. The highest BCUT2D eigenvalue weighted by Gasteiger charge is 2.38. The van der Waals surface area contributed by atoms with Gasteiger partial charge in [-0.3, -0.25) is 19.4 Å². The smallest absolute Gasteiger partial charge is 0.276 e. The van der Waals surface area contributed by atoms with Gasteiger partial charge in [0, 0.05) is 69.5 Å². The van der Waals surface area contributed by atoms with Gasteiger partial charge < -0.3 is 29.5 Å². The number of rotatable bonds is 7. The number of aliphatic hydroxyl groups is 1. The number of anilines is 3. The molecule has 0 radical (unpaired) electrons. The summed E-state index contributed by atoms with van der Waals surface area (Å²) in [6, 6.07) is 8.68. The maximum atomic E-state index is 13.8. The average Bonchev–Trinajstić information content (AvgIpc) is 3.55. The van der Waals surface area contributed by atoms with Crippen molar-refractivity contribution < 1.29 is 19.4 Å². The van der Waals surface area contributed by atoms with E-state index in [9.17, 15) is 14.7 Å². The number of aldehydes is 1. The van der Waals surface area contributed by atoms with Gasteiger partial charge in [-0.25, -0.2) is 9.97 Å². The number of ether oxygens (including phenoxy) is 1. The first-order valence-corrected chi connectivity index (χ1v) is 17.2. The highest BCUT2D eigenvalue weighted by molar-refractivity contribution is 6.08. The van der Waals surface area contributed by atoms with Crippen LogP contribution in [0.4, 0.5) is 17.3 Å². The Kier molecular flexibility index (Phi) is 7.84. The number of aliphatic hydroxyl groups excluding tert-OH is 1. The van der Waals surface area contributed by atoms with Crippen molar-refractivity contribution in [3.63, 3.8) is 0 Å². The molecular formula is C37H44N8O4. The first-order chi connectivity index (χ1) is 23.6. The number of piperazine rings is 1. The average molecular weight is 665 g/mol. The van der Waals surface area contributed by atoms with Crippen LogP contribution in [0.3, 0.4) is 0 Å². The third-order valence-corrected chi connectivity index (χ3v) is 10.7. The number of carbonyl (C=O) groups excluding carboxylic acids is 2. The van der Waals surface area contributed by atoms with Crippen LogP contribution in [0.5, 0.6) is 0 Å². The van der Waals surface area contributed by atoms with Gasteiger partial charge >= 0.3 is 0 Å². The van der Waals surface area contributed by atoms with Crippen molar-refractivity contribution in [1.29, 1.82) is 0 Å². The van der Waals surface area contributed by atoms with E-state index in [2.05, 4.69) is 51.5 Å². The van der Waals surface area contributed by atoms with Crippen LogP contribution in [-0.4, -0.2) is 106 Å². The summed E-state index contributed by atoms with van der Waals surface area (Å²) < 4.78 is 7.55. The van der Waals surface area contributed by atoms with Crippen LogP contribution in [0.25, 0.3) is 5.57 Å². The maximum absolute atomic E-state index is 13.8. The summed E-state index contributed by atoms with van der Waals surface area (Å²) in [5.41, 5.74) is 6.58. The minimum Gasteiger partial charge on any atom is -0.378 e. The van der Waals surface area contributed by atoms with Crippen LogP contribution in [0, 0.1) is 5.41 Å². The van der Waals surface area contributed by atoms with Crippen molar-refractivity contribution in [3.8, 4) is 0 Å². The van der Waals surface area contributed by atoms with Gasteiger partial charge in [-0.2, -0.15) is 0 Å². The molecule has 0 spiro atoms. The first-order valence-electron chi connectivity index (χ1n) is 17.2. The Balaban J connectivity index is 1.02. The van der Waals surface area contributed by atoms with Gasteiger partial charge in [0.05, 0.1) is 42.4 Å². The zero-order valence-corrected chi connectivity index (χ0v) is 28.6. The van der Waals surface area contributed by atoms with E-state index >= 15 is 0 Å². The van der Waals surface area contributed by atoms with E-state index in [-0.39, 0.29) is 11.3 Å². The Morgan fingerprint density at radius 1 is 1.08 bits per heavy atom. The predicted octanol–water partition coefficient (Wildman–Crippen LogP) is 3.39. The van der Waals surface area contributed by atoms with Crippen LogP contribution in [-0.2, 0) is 24.1 Å². The number of hydrogen-bond donors (Lipinski definition) is 2. The zero-order chi connectivity index (χ0) is 34.0. The van der Waals surface area contributed by atoms with Gasteiger partial charge in [-0.1, -0.05) is 13.8 Å². The van der Waals surface area contributed by atoms with Gasteiger partial charge in [-0.15, -0.1) is 0 Å². The van der Waals surface area contributed by atoms with Crippen LogP contribution in [0.1, 0.15) is 58.4 Å². The largest absolute Gasteiger partial charge is 0.378 e. The number of amides is 1. The van der Waals surface area contributed by atoms with Gasteiger partial charge in [0.2, 0.25) is 0 Å². The second-order valence-electron chi connectivity index (χ2n) is 14.8. The minimum absolute atomic E-state index is 0.145. The Morgan fingerprint density at radius 3 is 2.63 bits per heavy atom. The molecule has 2 atom stereocenters. The molecule has 0 aromatic carbocycles. The lowest BCUT2D eigenvalue weighted by Gasteiger charge is -2.46. The van der Waals surface area contributed by atoms with E-state index in [1.165, 1.54) is 11.3 Å². The Hall–Kier alpha value is -4.52. The summed E-state index contributed by atoms with van der Waals surface area (Å²) in [6.07, 6.45) is 8.86. The monoisotopic (exact) mass is 664 g/mol. The number of carbonyl (C=O) groups is 2. The Morgan fingerprint density at radius 2 is 1.92 bits per heavy atom. The van der Waals surface area contributed by atoms with Crippen molar-refractivity contribution in [2.75, 3.05) is 61.6 Å². The lowest BCUT2D eigenvalue weighted by Crippen LogP contribution is -2.59. The Bertz CT molecular complexity index is 1860. The molecule has 12 heteroatoms. The topological polar surface area (TPSA) is 119 Å². The predicted molar refractivity (Wildman–Crippen MR) is 188 cm³/mol. The zero-order valence-electron chi connectivity index (χ0n) is 28.6. The molecule has 8 rings (SSSR count). The minimum atomic E-state index is -0.946. The lowest BCUT2D eigenvalue weighted by atomic mass is 9.90. The van der Waals surface area contributed by atoms with Crippen LogP contribution in [0.2, 0.25) is 0 Å². The molecule has 2 N–H and O–H groups in total. The molecule has 3 aromatic rings. The fourth-order valence-electron chi connectivity index (χ4n) is 8.11. The van der Waals surface area contributed by atoms with E-state index in [0.29, 0.717) is 64.9 Å². The molecule has 12 nitrogen and oxygen atoms in total. The highest BCUT2D eigenvalue weighted by atomic mass is 16.5. The molecule has 0 bridgehead atoms. The highest BCUT2D eigenvalue weighted by Crippen LogP contribution is 2.40. The van der Waals surface area contributed by atoms with Crippen molar-refractivity contribution in [2.45, 2.75) is 58.5 Å². The summed E-state index contributed by atoms with van der Waals surface area (Å²) >= 11 is 0. The number of likely N-dealkylation sites (N-methyl/N-ethyl adjacent to an activating group) is 1. The van der Waals surface area contributed by atoms with Crippen molar-refractivity contribution in [3.05, 3.63) is 82.7 Å². The van der Waals surface area contributed by atoms with E-state index in [1.807, 2.05) is 24.4 Å². The lowest BCUT2D eigenvalue weighted by molar-refractivity contribution is -0.0691. The van der Waals surface area contributed by atoms with Gasteiger partial charge in [0.25, 0.3) is 5.91 Å². The summed E-state index contributed by atoms with van der Waals surface area (Å²) in [4.78, 5) is 44.0. The molecule has 5 aliphatic rings. The molecule has 2 saturated heterocycles. The molecule has 0 saturated carbocycles. The number of fused-ring (bicyclic) bond motifs is 3. The normalized spacial score (nSPS) is 23.9.